The highest BCUT2D eigenvalue weighted by atomic mass is 15.1. The van der Waals surface area contributed by atoms with E-state index >= 15 is 0 Å². The highest BCUT2D eigenvalue weighted by molar-refractivity contribution is 5.47. The zero-order valence-electron chi connectivity index (χ0n) is 9.61. The third-order valence-electron chi connectivity index (χ3n) is 3.15. The van der Waals surface area contributed by atoms with E-state index in [1.54, 1.807) is 0 Å². The SMILES string of the molecule is Cc1cccc(N(C)CC(N)C2CC2)c1. The lowest BCUT2D eigenvalue weighted by Crippen LogP contribution is -2.36. The van der Waals surface area contributed by atoms with Crippen LogP contribution in [0.2, 0.25) is 0 Å². The lowest BCUT2D eigenvalue weighted by molar-refractivity contribution is 0.589. The Labute approximate surface area is 92.1 Å². The van der Waals surface area contributed by atoms with Crippen molar-refractivity contribution in [2.45, 2.75) is 25.8 Å². The van der Waals surface area contributed by atoms with Crippen LogP contribution in [-0.2, 0) is 0 Å². The molecule has 0 saturated heterocycles. The average Bonchev–Trinajstić information content (AvgIpc) is 3.00. The van der Waals surface area contributed by atoms with Crippen LogP contribution in [0.15, 0.2) is 24.3 Å². The highest BCUT2D eigenvalue weighted by Gasteiger charge is 2.29. The minimum absolute atomic E-state index is 0.343. The van der Waals surface area contributed by atoms with E-state index in [1.807, 2.05) is 0 Å². The van der Waals surface area contributed by atoms with Crippen LogP contribution in [0.5, 0.6) is 0 Å². The number of benzene rings is 1. The van der Waals surface area contributed by atoms with Gasteiger partial charge in [-0.05, 0) is 43.4 Å². The van der Waals surface area contributed by atoms with Crippen molar-refractivity contribution in [1.82, 2.24) is 0 Å². The molecule has 1 aliphatic rings. The Morgan fingerprint density at radius 2 is 2.20 bits per heavy atom. The third kappa shape index (κ3) is 2.72. The van der Waals surface area contributed by atoms with Crippen molar-refractivity contribution in [3.05, 3.63) is 29.8 Å². The number of likely N-dealkylation sites (N-methyl/N-ethyl adjacent to an activating group) is 1. The fourth-order valence-corrected chi connectivity index (χ4v) is 1.96. The van der Waals surface area contributed by atoms with Crippen LogP contribution in [0, 0.1) is 12.8 Å². The normalized spacial score (nSPS) is 17.5. The maximum absolute atomic E-state index is 6.11. The first-order valence-electron chi connectivity index (χ1n) is 5.70. The summed E-state index contributed by atoms with van der Waals surface area (Å²) in [7, 11) is 2.12. The first-order chi connectivity index (χ1) is 7.16. The van der Waals surface area contributed by atoms with E-state index in [0.29, 0.717) is 6.04 Å². The second-order valence-corrected chi connectivity index (χ2v) is 4.72. The van der Waals surface area contributed by atoms with Gasteiger partial charge < -0.3 is 10.6 Å². The molecule has 1 fully saturated rings. The minimum atomic E-state index is 0.343. The van der Waals surface area contributed by atoms with Crippen molar-refractivity contribution >= 4 is 5.69 Å². The molecule has 0 aromatic heterocycles. The summed E-state index contributed by atoms with van der Waals surface area (Å²) >= 11 is 0. The second kappa shape index (κ2) is 4.23. The summed E-state index contributed by atoms with van der Waals surface area (Å²) in [6.07, 6.45) is 2.64. The van der Waals surface area contributed by atoms with E-state index < -0.39 is 0 Å². The van der Waals surface area contributed by atoms with E-state index in [9.17, 15) is 0 Å². The summed E-state index contributed by atoms with van der Waals surface area (Å²) in [5.41, 5.74) is 8.69. The molecule has 82 valence electrons. The fourth-order valence-electron chi connectivity index (χ4n) is 1.96. The summed E-state index contributed by atoms with van der Waals surface area (Å²) in [4.78, 5) is 2.26. The van der Waals surface area contributed by atoms with Crippen LogP contribution >= 0.6 is 0 Å². The van der Waals surface area contributed by atoms with Gasteiger partial charge in [-0.2, -0.15) is 0 Å². The van der Waals surface area contributed by atoms with Crippen LogP contribution in [0.3, 0.4) is 0 Å². The van der Waals surface area contributed by atoms with Gasteiger partial charge in [0.1, 0.15) is 0 Å². The Morgan fingerprint density at radius 1 is 1.47 bits per heavy atom. The van der Waals surface area contributed by atoms with E-state index in [0.717, 1.165) is 12.5 Å². The smallest absolute Gasteiger partial charge is 0.0366 e. The molecule has 0 amide bonds. The molecule has 1 aromatic carbocycles. The Morgan fingerprint density at radius 3 is 2.80 bits per heavy atom. The van der Waals surface area contributed by atoms with Gasteiger partial charge in [-0.3, -0.25) is 0 Å². The van der Waals surface area contributed by atoms with E-state index in [-0.39, 0.29) is 0 Å². The first-order valence-corrected chi connectivity index (χ1v) is 5.70. The number of hydrogen-bond donors (Lipinski definition) is 1. The molecule has 2 N–H and O–H groups in total. The summed E-state index contributed by atoms with van der Waals surface area (Å²) in [6.45, 7) is 3.09. The molecule has 2 nitrogen and oxygen atoms in total. The van der Waals surface area contributed by atoms with Gasteiger partial charge >= 0.3 is 0 Å². The highest BCUT2D eigenvalue weighted by Crippen LogP contribution is 2.32. The monoisotopic (exact) mass is 204 g/mol. The predicted molar refractivity (Wildman–Crippen MR) is 65.1 cm³/mol. The maximum atomic E-state index is 6.11. The van der Waals surface area contributed by atoms with Crippen LogP contribution in [0.25, 0.3) is 0 Å². The van der Waals surface area contributed by atoms with Crippen LogP contribution < -0.4 is 10.6 Å². The molecule has 0 aliphatic heterocycles. The van der Waals surface area contributed by atoms with Gasteiger partial charge in [0.15, 0.2) is 0 Å². The van der Waals surface area contributed by atoms with Crippen molar-refractivity contribution < 1.29 is 0 Å². The molecule has 0 spiro atoms. The summed E-state index contributed by atoms with van der Waals surface area (Å²) in [5.74, 6) is 0.775. The average molecular weight is 204 g/mol. The number of anilines is 1. The van der Waals surface area contributed by atoms with E-state index in [2.05, 4.69) is 43.1 Å². The lowest BCUT2D eigenvalue weighted by atomic mass is 10.1. The molecule has 1 saturated carbocycles. The predicted octanol–water partition coefficient (Wildman–Crippen LogP) is 2.17. The van der Waals surface area contributed by atoms with Gasteiger partial charge in [-0.1, -0.05) is 12.1 Å². The summed E-state index contributed by atoms with van der Waals surface area (Å²) in [6, 6.07) is 8.92. The third-order valence-corrected chi connectivity index (χ3v) is 3.15. The number of hydrogen-bond acceptors (Lipinski definition) is 2. The summed E-state index contributed by atoms with van der Waals surface area (Å²) < 4.78 is 0. The van der Waals surface area contributed by atoms with Crippen molar-refractivity contribution in [2.75, 3.05) is 18.5 Å². The fraction of sp³-hybridized carbons (Fsp3) is 0.538. The quantitative estimate of drug-likeness (QED) is 0.814. The number of aryl methyl sites for hydroxylation is 1. The first kappa shape index (κ1) is 10.5. The van der Waals surface area contributed by atoms with Crippen LogP contribution in [0.4, 0.5) is 5.69 Å². The molecule has 0 radical (unpaired) electrons. The Kier molecular flexibility index (Phi) is 2.96. The van der Waals surface area contributed by atoms with Gasteiger partial charge in [0, 0.05) is 25.3 Å². The second-order valence-electron chi connectivity index (χ2n) is 4.72. The van der Waals surface area contributed by atoms with Crippen molar-refractivity contribution in [2.24, 2.45) is 11.7 Å². The molecule has 1 atom stereocenters. The van der Waals surface area contributed by atoms with Crippen LogP contribution in [-0.4, -0.2) is 19.6 Å². The molecule has 1 aliphatic carbocycles. The topological polar surface area (TPSA) is 29.3 Å². The van der Waals surface area contributed by atoms with Gasteiger partial charge in [-0.25, -0.2) is 0 Å². The van der Waals surface area contributed by atoms with E-state index in [1.165, 1.54) is 24.1 Å². The lowest BCUT2D eigenvalue weighted by Gasteiger charge is -2.23. The minimum Gasteiger partial charge on any atom is -0.373 e. The maximum Gasteiger partial charge on any atom is 0.0366 e. The molecule has 2 heteroatoms. The molecule has 15 heavy (non-hydrogen) atoms. The van der Waals surface area contributed by atoms with Crippen molar-refractivity contribution in [3.8, 4) is 0 Å². The Balaban J connectivity index is 1.97. The zero-order valence-corrected chi connectivity index (χ0v) is 9.61. The molecular formula is C13H20N2. The van der Waals surface area contributed by atoms with Crippen molar-refractivity contribution in [3.63, 3.8) is 0 Å². The van der Waals surface area contributed by atoms with E-state index in [4.69, 9.17) is 5.73 Å². The summed E-state index contributed by atoms with van der Waals surface area (Å²) in [5, 5.41) is 0. The largest absolute Gasteiger partial charge is 0.373 e. The van der Waals surface area contributed by atoms with Gasteiger partial charge in [0.25, 0.3) is 0 Å². The Bertz CT molecular complexity index is 331. The number of nitrogens with zero attached hydrogens (tertiary/aromatic N) is 1. The van der Waals surface area contributed by atoms with Gasteiger partial charge in [-0.15, -0.1) is 0 Å². The molecule has 2 rings (SSSR count). The van der Waals surface area contributed by atoms with Gasteiger partial charge in [0.2, 0.25) is 0 Å². The van der Waals surface area contributed by atoms with Crippen molar-refractivity contribution in [1.29, 1.82) is 0 Å². The molecule has 0 heterocycles. The zero-order chi connectivity index (χ0) is 10.8. The standard InChI is InChI=1S/C13H20N2/c1-10-4-3-5-12(8-10)15(2)9-13(14)11-6-7-11/h3-5,8,11,13H,6-7,9,14H2,1-2H3. The number of rotatable bonds is 4. The van der Waals surface area contributed by atoms with Crippen LogP contribution in [0.1, 0.15) is 18.4 Å². The van der Waals surface area contributed by atoms with Gasteiger partial charge in [0.05, 0.1) is 0 Å². The molecular weight excluding hydrogens is 184 g/mol. The number of nitrogens with two attached hydrogens (primary N) is 1. The Hall–Kier alpha value is -1.02. The molecule has 1 aromatic rings. The molecule has 0 bridgehead atoms. The molecule has 1 unspecified atom stereocenters.